The normalized spacial score (nSPS) is 20.6. The number of hydrogen-bond donors (Lipinski definition) is 1. The molecule has 2 aliphatic heterocycles. The Morgan fingerprint density at radius 2 is 1.84 bits per heavy atom. The Balaban J connectivity index is 1.37. The van der Waals surface area contributed by atoms with E-state index < -0.39 is 0 Å². The predicted octanol–water partition coefficient (Wildman–Crippen LogP) is 0.685. The summed E-state index contributed by atoms with van der Waals surface area (Å²) in [5, 5.41) is 6.96. The van der Waals surface area contributed by atoms with E-state index in [-0.39, 0.29) is 17.9 Å². The highest BCUT2D eigenvalue weighted by Gasteiger charge is 2.27. The third-order valence-electron chi connectivity index (χ3n) is 5.15. The van der Waals surface area contributed by atoms with Gasteiger partial charge in [-0.2, -0.15) is 4.98 Å². The molecular formula is C17H27N5O3. The van der Waals surface area contributed by atoms with Crippen molar-refractivity contribution in [3.05, 3.63) is 11.7 Å². The van der Waals surface area contributed by atoms with Gasteiger partial charge in [0.1, 0.15) is 0 Å². The first kappa shape index (κ1) is 17.8. The Labute approximate surface area is 147 Å². The van der Waals surface area contributed by atoms with Gasteiger partial charge < -0.3 is 14.7 Å². The standard InChI is InChI=1S/C17H27N5O3/c1-12-18-17(25-20-12)14-3-7-21(8-4-14)11-16(24)19-15-5-9-22(10-6-15)13(2)23/h14-15H,3-11H2,1-2H3,(H,19,24). The summed E-state index contributed by atoms with van der Waals surface area (Å²) in [6.45, 7) is 7.04. The number of amides is 2. The number of nitrogens with one attached hydrogen (secondary N) is 1. The predicted molar refractivity (Wildman–Crippen MR) is 90.9 cm³/mol. The molecular weight excluding hydrogens is 322 g/mol. The lowest BCUT2D eigenvalue weighted by Crippen LogP contribution is -2.49. The molecule has 1 aromatic rings. The summed E-state index contributed by atoms with van der Waals surface area (Å²) in [6.07, 6.45) is 3.55. The molecule has 0 atom stereocenters. The first-order valence-corrected chi connectivity index (χ1v) is 9.08. The van der Waals surface area contributed by atoms with Gasteiger partial charge in [0, 0.05) is 32.0 Å². The van der Waals surface area contributed by atoms with Crippen LogP contribution in [0.15, 0.2) is 4.52 Å². The van der Waals surface area contributed by atoms with E-state index in [0.29, 0.717) is 18.3 Å². The van der Waals surface area contributed by atoms with Crippen LogP contribution in [0.5, 0.6) is 0 Å². The van der Waals surface area contributed by atoms with Crippen LogP contribution in [0.2, 0.25) is 0 Å². The summed E-state index contributed by atoms with van der Waals surface area (Å²) >= 11 is 0. The van der Waals surface area contributed by atoms with Gasteiger partial charge in [0.2, 0.25) is 17.7 Å². The second-order valence-electron chi connectivity index (χ2n) is 7.08. The smallest absolute Gasteiger partial charge is 0.234 e. The van der Waals surface area contributed by atoms with Crippen LogP contribution in [-0.2, 0) is 9.59 Å². The van der Waals surface area contributed by atoms with Crippen molar-refractivity contribution in [2.45, 2.75) is 51.5 Å². The van der Waals surface area contributed by atoms with E-state index in [9.17, 15) is 9.59 Å². The molecule has 8 nitrogen and oxygen atoms in total. The van der Waals surface area contributed by atoms with E-state index in [1.54, 1.807) is 6.92 Å². The highest BCUT2D eigenvalue weighted by Crippen LogP contribution is 2.26. The van der Waals surface area contributed by atoms with Gasteiger partial charge in [-0.15, -0.1) is 0 Å². The zero-order valence-corrected chi connectivity index (χ0v) is 15.0. The van der Waals surface area contributed by atoms with Gasteiger partial charge in [-0.1, -0.05) is 5.16 Å². The topological polar surface area (TPSA) is 91.6 Å². The second-order valence-corrected chi connectivity index (χ2v) is 7.08. The van der Waals surface area contributed by atoms with Crippen LogP contribution in [0, 0.1) is 6.92 Å². The van der Waals surface area contributed by atoms with E-state index in [1.165, 1.54) is 0 Å². The van der Waals surface area contributed by atoms with E-state index in [2.05, 4.69) is 20.4 Å². The molecule has 0 radical (unpaired) electrons. The van der Waals surface area contributed by atoms with Gasteiger partial charge in [-0.3, -0.25) is 14.5 Å². The average Bonchev–Trinajstić information content (AvgIpc) is 3.02. The number of nitrogens with zero attached hydrogens (tertiary/aromatic N) is 4. The third kappa shape index (κ3) is 4.78. The van der Waals surface area contributed by atoms with Crippen molar-refractivity contribution in [2.24, 2.45) is 0 Å². The number of hydrogen-bond acceptors (Lipinski definition) is 6. The molecule has 1 N–H and O–H groups in total. The summed E-state index contributed by atoms with van der Waals surface area (Å²) < 4.78 is 5.26. The Bertz CT molecular complexity index is 601. The van der Waals surface area contributed by atoms with Gasteiger partial charge in [0.15, 0.2) is 5.82 Å². The number of piperidine rings is 2. The van der Waals surface area contributed by atoms with E-state index in [1.807, 2.05) is 11.8 Å². The zero-order chi connectivity index (χ0) is 17.8. The van der Waals surface area contributed by atoms with Crippen LogP contribution >= 0.6 is 0 Å². The maximum absolute atomic E-state index is 12.3. The van der Waals surface area contributed by atoms with Crippen LogP contribution < -0.4 is 5.32 Å². The van der Waals surface area contributed by atoms with Gasteiger partial charge in [-0.25, -0.2) is 0 Å². The molecule has 2 saturated heterocycles. The summed E-state index contributed by atoms with van der Waals surface area (Å²) in [4.78, 5) is 31.9. The molecule has 0 saturated carbocycles. The molecule has 2 aliphatic rings. The van der Waals surface area contributed by atoms with Gasteiger partial charge in [0.05, 0.1) is 6.54 Å². The molecule has 25 heavy (non-hydrogen) atoms. The van der Waals surface area contributed by atoms with Crippen molar-refractivity contribution in [3.63, 3.8) is 0 Å². The number of likely N-dealkylation sites (tertiary alicyclic amines) is 2. The van der Waals surface area contributed by atoms with Crippen LogP contribution in [-0.4, -0.2) is 70.5 Å². The Hall–Kier alpha value is -1.96. The quantitative estimate of drug-likeness (QED) is 0.860. The molecule has 0 aromatic carbocycles. The van der Waals surface area contributed by atoms with Crippen molar-refractivity contribution in [2.75, 3.05) is 32.7 Å². The highest BCUT2D eigenvalue weighted by molar-refractivity contribution is 5.78. The van der Waals surface area contributed by atoms with Crippen LogP contribution in [0.1, 0.15) is 50.2 Å². The fourth-order valence-electron chi connectivity index (χ4n) is 3.63. The van der Waals surface area contributed by atoms with Gasteiger partial charge in [-0.05, 0) is 45.7 Å². The molecule has 0 unspecified atom stereocenters. The second kappa shape index (κ2) is 7.95. The van der Waals surface area contributed by atoms with E-state index in [0.717, 1.165) is 57.8 Å². The molecule has 0 spiro atoms. The number of aryl methyl sites for hydroxylation is 1. The molecule has 1 aromatic heterocycles. The minimum absolute atomic E-state index is 0.0772. The number of carbonyl (C=O) groups is 2. The van der Waals surface area contributed by atoms with Gasteiger partial charge >= 0.3 is 0 Å². The summed E-state index contributed by atoms with van der Waals surface area (Å²) in [5.74, 6) is 1.89. The molecule has 2 fully saturated rings. The van der Waals surface area contributed by atoms with E-state index in [4.69, 9.17) is 4.52 Å². The Morgan fingerprint density at radius 1 is 1.16 bits per heavy atom. The summed E-state index contributed by atoms with van der Waals surface area (Å²) in [5.41, 5.74) is 0. The van der Waals surface area contributed by atoms with Crippen molar-refractivity contribution < 1.29 is 14.1 Å². The summed E-state index contributed by atoms with van der Waals surface area (Å²) in [7, 11) is 0. The lowest BCUT2D eigenvalue weighted by molar-refractivity contribution is -0.130. The number of aromatic nitrogens is 2. The first-order valence-electron chi connectivity index (χ1n) is 9.08. The molecule has 3 heterocycles. The minimum Gasteiger partial charge on any atom is -0.352 e. The molecule has 0 bridgehead atoms. The molecule has 3 rings (SSSR count). The van der Waals surface area contributed by atoms with Crippen LogP contribution in [0.4, 0.5) is 0 Å². The molecule has 0 aliphatic carbocycles. The van der Waals surface area contributed by atoms with Crippen molar-refractivity contribution in [1.82, 2.24) is 25.3 Å². The van der Waals surface area contributed by atoms with Crippen molar-refractivity contribution in [3.8, 4) is 0 Å². The summed E-state index contributed by atoms with van der Waals surface area (Å²) in [6, 6.07) is 0.182. The van der Waals surface area contributed by atoms with Crippen LogP contribution in [0.3, 0.4) is 0 Å². The van der Waals surface area contributed by atoms with E-state index >= 15 is 0 Å². The Kier molecular flexibility index (Phi) is 5.67. The van der Waals surface area contributed by atoms with Gasteiger partial charge in [0.25, 0.3) is 0 Å². The largest absolute Gasteiger partial charge is 0.352 e. The van der Waals surface area contributed by atoms with Crippen LogP contribution in [0.25, 0.3) is 0 Å². The molecule has 2 amide bonds. The third-order valence-corrected chi connectivity index (χ3v) is 5.15. The molecule has 8 heteroatoms. The maximum Gasteiger partial charge on any atom is 0.234 e. The number of rotatable bonds is 4. The minimum atomic E-state index is 0.0772. The zero-order valence-electron chi connectivity index (χ0n) is 15.0. The lowest BCUT2D eigenvalue weighted by Gasteiger charge is -2.33. The van der Waals surface area contributed by atoms with Crippen molar-refractivity contribution in [1.29, 1.82) is 0 Å². The van der Waals surface area contributed by atoms with Crippen molar-refractivity contribution >= 4 is 11.8 Å². The maximum atomic E-state index is 12.3. The number of carbonyl (C=O) groups excluding carboxylic acids is 2. The highest BCUT2D eigenvalue weighted by atomic mass is 16.5. The Morgan fingerprint density at radius 3 is 2.40 bits per heavy atom. The lowest BCUT2D eigenvalue weighted by atomic mass is 9.97. The molecule has 138 valence electrons. The SMILES string of the molecule is CC(=O)N1CCC(NC(=O)CN2CCC(c3nc(C)no3)CC2)CC1. The fourth-order valence-corrected chi connectivity index (χ4v) is 3.63. The fraction of sp³-hybridized carbons (Fsp3) is 0.765. The average molecular weight is 349 g/mol. The monoisotopic (exact) mass is 349 g/mol. The first-order chi connectivity index (χ1) is 12.0.